The number of aromatic nitrogens is 3. The van der Waals surface area contributed by atoms with Crippen molar-refractivity contribution < 1.29 is 24.9 Å². The van der Waals surface area contributed by atoms with Gasteiger partial charge in [0.05, 0.1) is 17.6 Å². The quantitative estimate of drug-likeness (QED) is 0.391. The Morgan fingerprint density at radius 2 is 2.25 bits per heavy atom. The summed E-state index contributed by atoms with van der Waals surface area (Å²) in [4.78, 5) is 19.5. The van der Waals surface area contributed by atoms with Gasteiger partial charge in [0.2, 0.25) is 0 Å². The van der Waals surface area contributed by atoms with E-state index in [-0.39, 0.29) is 22.4 Å². The van der Waals surface area contributed by atoms with E-state index >= 15 is 0 Å². The predicted octanol–water partition coefficient (Wildman–Crippen LogP) is -2.27. The number of amides is 1. The third kappa shape index (κ3) is 2.04. The number of rotatable bonds is 3. The van der Waals surface area contributed by atoms with Crippen LogP contribution in [-0.2, 0) is 4.74 Å². The number of fused-ring (bicyclic) bond motifs is 1. The average Bonchev–Trinajstić information content (AvgIpc) is 3.06. The second-order valence-corrected chi connectivity index (χ2v) is 5.40. The number of ether oxygens (including phenoxy) is 1. The van der Waals surface area contributed by atoms with E-state index in [4.69, 9.17) is 22.6 Å². The number of anilines is 1. The molecule has 1 saturated heterocycles. The molecule has 3 rings (SSSR count). The summed E-state index contributed by atoms with van der Waals surface area (Å²) in [5, 5.41) is 30.2. The number of hydrogen-bond donors (Lipinski definition) is 5. The maximum absolute atomic E-state index is 11.7. The van der Waals surface area contributed by atoms with Crippen molar-refractivity contribution >= 4 is 22.8 Å². The Hall–Kier alpha value is -2.71. The summed E-state index contributed by atoms with van der Waals surface area (Å²) in [6.45, 7) is -0.569. The molecule has 0 radical (unpaired) electrons. The van der Waals surface area contributed by atoms with Gasteiger partial charge >= 0.3 is 0 Å². The first kappa shape index (κ1) is 16.2. The number of primary amides is 1. The molecule has 1 aliphatic heterocycles. The Labute approximate surface area is 135 Å². The van der Waals surface area contributed by atoms with Crippen molar-refractivity contribution in [2.24, 2.45) is 5.73 Å². The van der Waals surface area contributed by atoms with E-state index < -0.39 is 36.6 Å². The number of aliphatic hydroxyl groups excluding tert-OH is 2. The molecule has 0 aliphatic carbocycles. The predicted molar refractivity (Wildman–Crippen MR) is 81.2 cm³/mol. The van der Waals surface area contributed by atoms with Crippen LogP contribution in [0, 0.1) is 12.3 Å². The molecular formula is C14H15N5O5. The van der Waals surface area contributed by atoms with Crippen molar-refractivity contribution in [3.63, 3.8) is 0 Å². The highest BCUT2D eigenvalue weighted by atomic mass is 16.6. The molecule has 0 saturated carbocycles. The number of nitrogens with two attached hydrogens (primary N) is 2. The van der Waals surface area contributed by atoms with Gasteiger partial charge in [0, 0.05) is 6.20 Å². The van der Waals surface area contributed by atoms with E-state index in [0.29, 0.717) is 0 Å². The number of nitrogens with zero attached hydrogens (tertiary/aromatic N) is 3. The SMILES string of the molecule is C#C[C@@]1(O)[C@H](O)[C@@H](CO)O[C@H]1n1cc(C(N)=O)c2c(N)ncnc21. The van der Waals surface area contributed by atoms with Crippen LogP contribution >= 0.6 is 0 Å². The van der Waals surface area contributed by atoms with Gasteiger partial charge in [-0.2, -0.15) is 0 Å². The Morgan fingerprint density at radius 1 is 1.54 bits per heavy atom. The van der Waals surface area contributed by atoms with Crippen molar-refractivity contribution in [2.75, 3.05) is 12.3 Å². The smallest absolute Gasteiger partial charge is 0.251 e. The lowest BCUT2D eigenvalue weighted by atomic mass is 9.95. The maximum atomic E-state index is 11.7. The molecule has 3 heterocycles. The zero-order valence-electron chi connectivity index (χ0n) is 12.3. The normalized spacial score (nSPS) is 29.7. The number of hydrogen-bond acceptors (Lipinski definition) is 8. The third-order valence-corrected chi connectivity index (χ3v) is 4.05. The van der Waals surface area contributed by atoms with Crippen LogP contribution in [0.2, 0.25) is 0 Å². The summed E-state index contributed by atoms with van der Waals surface area (Å²) < 4.78 is 6.72. The first-order valence-corrected chi connectivity index (χ1v) is 6.90. The second kappa shape index (κ2) is 5.43. The topological polar surface area (TPSA) is 170 Å². The molecule has 7 N–H and O–H groups in total. The van der Waals surface area contributed by atoms with Crippen molar-refractivity contribution in [3.8, 4) is 12.3 Å². The number of terminal acetylenes is 1. The summed E-state index contributed by atoms with van der Waals surface area (Å²) in [5.74, 6) is 1.30. The van der Waals surface area contributed by atoms with Gasteiger partial charge in [0.25, 0.3) is 5.91 Å². The molecule has 4 atom stereocenters. The molecule has 10 nitrogen and oxygen atoms in total. The molecule has 0 bridgehead atoms. The van der Waals surface area contributed by atoms with E-state index in [2.05, 4.69) is 15.9 Å². The lowest BCUT2D eigenvalue weighted by Crippen LogP contribution is -2.45. The largest absolute Gasteiger partial charge is 0.394 e. The monoisotopic (exact) mass is 333 g/mol. The first-order valence-electron chi connectivity index (χ1n) is 6.90. The van der Waals surface area contributed by atoms with Crippen molar-refractivity contribution in [2.45, 2.75) is 24.0 Å². The van der Waals surface area contributed by atoms with Gasteiger partial charge in [-0.05, 0) is 0 Å². The van der Waals surface area contributed by atoms with Crippen LogP contribution in [-0.4, -0.2) is 60.2 Å². The van der Waals surface area contributed by atoms with Gasteiger partial charge in [-0.1, -0.05) is 5.92 Å². The minimum absolute atomic E-state index is 0.00742. The van der Waals surface area contributed by atoms with Gasteiger partial charge in [0.15, 0.2) is 11.8 Å². The van der Waals surface area contributed by atoms with E-state index in [1.807, 2.05) is 0 Å². The Kier molecular flexibility index (Phi) is 3.66. The van der Waals surface area contributed by atoms with Gasteiger partial charge in [0.1, 0.15) is 30.0 Å². The van der Waals surface area contributed by atoms with E-state index in [9.17, 15) is 20.1 Å². The van der Waals surface area contributed by atoms with Crippen LogP contribution in [0.1, 0.15) is 16.6 Å². The molecule has 10 heteroatoms. The summed E-state index contributed by atoms with van der Waals surface area (Å²) >= 11 is 0. The number of aliphatic hydroxyl groups is 3. The molecule has 0 aromatic carbocycles. The minimum Gasteiger partial charge on any atom is -0.394 e. The number of carbonyl (C=O) groups is 1. The molecule has 24 heavy (non-hydrogen) atoms. The first-order chi connectivity index (χ1) is 11.3. The maximum Gasteiger partial charge on any atom is 0.251 e. The van der Waals surface area contributed by atoms with Gasteiger partial charge in [-0.3, -0.25) is 4.79 Å². The zero-order valence-corrected chi connectivity index (χ0v) is 12.3. The molecule has 0 spiro atoms. The lowest BCUT2D eigenvalue weighted by Gasteiger charge is -2.26. The standard InChI is InChI=1S/C14H15N5O5/c1-2-14(23)9(21)7(4-20)24-13(14)19-3-6(11(16)22)8-10(15)17-5-18-12(8)19/h1,3,5,7,9,13,20-21,23H,4H2,(H2,16,22)(H2,15,17,18)/t7-,9-,13-,14-/m1/s1. The summed E-state index contributed by atoms with van der Waals surface area (Å²) in [7, 11) is 0. The van der Waals surface area contributed by atoms with E-state index in [1.165, 1.54) is 10.8 Å². The Morgan fingerprint density at radius 3 is 2.83 bits per heavy atom. The fourth-order valence-corrected chi connectivity index (χ4v) is 2.82. The highest BCUT2D eigenvalue weighted by Gasteiger charge is 2.55. The minimum atomic E-state index is -2.16. The molecule has 2 aromatic heterocycles. The highest BCUT2D eigenvalue weighted by molar-refractivity contribution is 6.08. The lowest BCUT2D eigenvalue weighted by molar-refractivity contribution is -0.0718. The van der Waals surface area contributed by atoms with Crippen molar-refractivity contribution in [3.05, 3.63) is 18.1 Å². The van der Waals surface area contributed by atoms with Crippen LogP contribution in [0.3, 0.4) is 0 Å². The summed E-state index contributed by atoms with van der Waals surface area (Å²) in [6.07, 6.45) is 3.79. The highest BCUT2D eigenvalue weighted by Crippen LogP contribution is 2.40. The van der Waals surface area contributed by atoms with Crippen LogP contribution in [0.4, 0.5) is 5.82 Å². The molecule has 1 aliphatic rings. The molecule has 0 unspecified atom stereocenters. The summed E-state index contributed by atoms with van der Waals surface area (Å²) in [6, 6.07) is 0. The van der Waals surface area contributed by atoms with Crippen LogP contribution in [0.5, 0.6) is 0 Å². The summed E-state index contributed by atoms with van der Waals surface area (Å²) in [5.41, 5.74) is 9.12. The fraction of sp³-hybridized carbons (Fsp3) is 0.357. The second-order valence-electron chi connectivity index (χ2n) is 5.40. The zero-order chi connectivity index (χ0) is 17.6. The molecule has 2 aromatic rings. The van der Waals surface area contributed by atoms with Crippen molar-refractivity contribution in [1.82, 2.24) is 14.5 Å². The molecule has 1 amide bonds. The number of carbonyl (C=O) groups excluding carboxylic acids is 1. The van der Waals surface area contributed by atoms with Gasteiger partial charge in [-0.25, -0.2) is 9.97 Å². The van der Waals surface area contributed by atoms with Crippen LogP contribution < -0.4 is 11.5 Å². The fourth-order valence-electron chi connectivity index (χ4n) is 2.82. The molecular weight excluding hydrogens is 318 g/mol. The van der Waals surface area contributed by atoms with Crippen LogP contribution in [0.25, 0.3) is 11.0 Å². The average molecular weight is 333 g/mol. The molecule has 1 fully saturated rings. The Bertz CT molecular complexity index is 859. The Balaban J connectivity index is 2.25. The van der Waals surface area contributed by atoms with Gasteiger partial charge in [-0.15, -0.1) is 6.42 Å². The third-order valence-electron chi connectivity index (χ3n) is 4.05. The van der Waals surface area contributed by atoms with Crippen LogP contribution in [0.15, 0.2) is 12.5 Å². The van der Waals surface area contributed by atoms with E-state index in [1.54, 1.807) is 0 Å². The van der Waals surface area contributed by atoms with E-state index in [0.717, 1.165) is 6.33 Å². The number of nitrogen functional groups attached to an aromatic ring is 1. The van der Waals surface area contributed by atoms with Gasteiger partial charge < -0.3 is 36.1 Å². The van der Waals surface area contributed by atoms with Crippen molar-refractivity contribution in [1.29, 1.82) is 0 Å². The molecule has 126 valence electrons.